The van der Waals surface area contributed by atoms with Gasteiger partial charge >= 0.3 is 0 Å². The average Bonchev–Trinajstić information content (AvgIpc) is 1.61. The van der Waals surface area contributed by atoms with E-state index in [0.717, 1.165) is 6.54 Å². The summed E-state index contributed by atoms with van der Waals surface area (Å²) >= 11 is 0. The van der Waals surface area contributed by atoms with Crippen LogP contribution in [0.25, 0.3) is 0 Å². The summed E-state index contributed by atoms with van der Waals surface area (Å²) < 4.78 is 6.95. The van der Waals surface area contributed by atoms with E-state index in [2.05, 4.69) is 6.92 Å². The maximum absolute atomic E-state index is 6.95. The minimum atomic E-state index is 0.532. The van der Waals surface area contributed by atoms with Crippen molar-refractivity contribution in [2.75, 3.05) is 6.54 Å². The molecule has 0 aromatic heterocycles. The predicted molar refractivity (Wildman–Crippen MR) is 22.1 cm³/mol. The van der Waals surface area contributed by atoms with E-state index in [1.165, 1.54) is 6.42 Å². The van der Waals surface area contributed by atoms with Crippen LogP contribution in [-0.4, -0.2) is 12.6 Å². The molecule has 5 heavy (non-hydrogen) atoms. The smallest absolute Gasteiger partial charge is 0.122 e. The maximum Gasteiger partial charge on any atom is 0.122 e. The van der Waals surface area contributed by atoms with Crippen molar-refractivity contribution < 1.29 is 1.41 Å². The zero-order valence-corrected chi connectivity index (χ0v) is 3.44. The lowest BCUT2D eigenvalue weighted by Crippen LogP contribution is -2.39. The molecular weight excluding hydrogens is 62.1 g/mol. The first-order chi connectivity index (χ1) is 2.80. The second-order valence-electron chi connectivity index (χ2n) is 1.54. The van der Waals surface area contributed by atoms with Crippen LogP contribution in [0.15, 0.2) is 0 Å². The summed E-state index contributed by atoms with van der Waals surface area (Å²) in [7, 11) is 0. The summed E-state index contributed by atoms with van der Waals surface area (Å²) in [5.74, 6) is 0. The lowest BCUT2D eigenvalue weighted by molar-refractivity contribution is 0.399. The van der Waals surface area contributed by atoms with Gasteiger partial charge in [0, 0.05) is 6.04 Å². The molecule has 0 bridgehead atoms. The number of hydrogen-bond donors (Lipinski definition) is 1. The predicted octanol–water partition coefficient (Wildman–Crippen LogP) is 0.368. The van der Waals surface area contributed by atoms with Crippen LogP contribution in [0.2, 0.25) is 1.41 Å². The summed E-state index contributed by atoms with van der Waals surface area (Å²) in [5.41, 5.74) is 0. The second kappa shape index (κ2) is 0.977. The Labute approximate surface area is 33.8 Å². The fourth-order valence-electron chi connectivity index (χ4n) is 0.387. The van der Waals surface area contributed by atoms with E-state index in [1.54, 1.807) is 5.31 Å². The largest absolute Gasteiger partial charge is 0.314 e. The van der Waals surface area contributed by atoms with Crippen molar-refractivity contribution in [1.82, 2.24) is 5.31 Å². The third-order valence-corrected chi connectivity index (χ3v) is 0.988. The van der Waals surface area contributed by atoms with Gasteiger partial charge in [-0.05, 0) is 19.9 Å². The first kappa shape index (κ1) is 2.19. The third kappa shape index (κ3) is 0.428. The van der Waals surface area contributed by atoms with Gasteiger partial charge in [-0.25, -0.2) is 0 Å². The van der Waals surface area contributed by atoms with Crippen molar-refractivity contribution in [3.63, 3.8) is 0 Å². The van der Waals surface area contributed by atoms with Crippen molar-refractivity contribution in [1.29, 1.82) is 0 Å². The summed E-state index contributed by atoms with van der Waals surface area (Å²) in [6.45, 7) is 3.04. The van der Waals surface area contributed by atoms with E-state index < -0.39 is 0 Å². The molecule has 1 aliphatic heterocycles. The topological polar surface area (TPSA) is 12.0 Å². The fraction of sp³-hybridized carbons (Fsp3) is 1.00. The van der Waals surface area contributed by atoms with Gasteiger partial charge in [0.15, 0.2) is 0 Å². The van der Waals surface area contributed by atoms with Gasteiger partial charge in [0.25, 0.3) is 0 Å². The Hall–Kier alpha value is -0.0400. The first-order valence-corrected chi connectivity index (χ1v) is 2.06. The zero-order valence-electron chi connectivity index (χ0n) is 4.44. The molecule has 30 valence electrons. The fourth-order valence-corrected chi connectivity index (χ4v) is 0.387. The molecule has 1 saturated heterocycles. The molecule has 1 atom stereocenters. The van der Waals surface area contributed by atoms with Crippen molar-refractivity contribution in [2.45, 2.75) is 19.4 Å². The van der Waals surface area contributed by atoms with Crippen LogP contribution < -0.4 is 5.31 Å². The molecule has 0 spiro atoms. The van der Waals surface area contributed by atoms with Crippen LogP contribution in [0.3, 0.4) is 0 Å². The zero-order chi connectivity index (χ0) is 4.57. The van der Waals surface area contributed by atoms with Crippen LogP contribution in [-0.2, 0) is 0 Å². The monoisotopic (exact) mass is 72.1 g/mol. The van der Waals surface area contributed by atoms with E-state index in [0.29, 0.717) is 6.04 Å². The minimum Gasteiger partial charge on any atom is -0.314 e. The highest BCUT2D eigenvalue weighted by Gasteiger charge is 2.07. The number of nitrogens with one attached hydrogen (secondary N) is 1. The first-order valence-electron chi connectivity index (χ1n) is 2.51. The molecule has 0 amide bonds. The summed E-state index contributed by atoms with van der Waals surface area (Å²) in [4.78, 5) is 0. The highest BCUT2D eigenvalue weighted by Crippen LogP contribution is 1.96. The standard InChI is InChI=1S/C4H9N/c1-4-2-3-5-4/h4-5H,2-3H2,1H3/i/hD. The molecular formula is C4H9N. The summed E-state index contributed by atoms with van der Waals surface area (Å²) in [6, 6.07) is 0.532. The Morgan fingerprint density at radius 2 is 2.80 bits per heavy atom. The van der Waals surface area contributed by atoms with Crippen LogP contribution in [0.1, 0.15) is 13.3 Å². The highest BCUT2D eigenvalue weighted by atomic mass is 15.0. The molecule has 1 nitrogen and oxygen atoms in total. The molecule has 1 heteroatoms. The van der Waals surface area contributed by atoms with Crippen LogP contribution in [0.5, 0.6) is 0 Å². The Kier molecular flexibility index (Phi) is 0.428. The van der Waals surface area contributed by atoms with Gasteiger partial charge in [0.1, 0.15) is 1.41 Å². The average molecular weight is 72.1 g/mol. The lowest BCUT2D eigenvalue weighted by atomic mass is 10.1. The molecule has 1 fully saturated rings. The van der Waals surface area contributed by atoms with Crippen molar-refractivity contribution >= 4 is 0 Å². The van der Waals surface area contributed by atoms with Crippen molar-refractivity contribution in [2.24, 2.45) is 0 Å². The van der Waals surface area contributed by atoms with Gasteiger partial charge in [-0.3, -0.25) is 0 Å². The van der Waals surface area contributed by atoms with Crippen molar-refractivity contribution in [3.05, 3.63) is 0 Å². The molecule has 0 radical (unpaired) electrons. The Bertz CT molecular complexity index is 47.5. The molecule has 0 aliphatic carbocycles. The normalized spacial score (nSPS) is 43.4. The third-order valence-electron chi connectivity index (χ3n) is 0.988. The molecule has 1 rings (SSSR count). The highest BCUT2D eigenvalue weighted by molar-refractivity contribution is 4.70. The Balaban J connectivity index is 2.20. The Morgan fingerprint density at radius 3 is 2.80 bits per heavy atom. The van der Waals surface area contributed by atoms with Crippen LogP contribution >= 0.6 is 0 Å². The van der Waals surface area contributed by atoms with E-state index in [4.69, 9.17) is 1.41 Å². The lowest BCUT2D eigenvalue weighted by Gasteiger charge is -2.22. The molecule has 1 heterocycles. The number of rotatable bonds is 0. The van der Waals surface area contributed by atoms with E-state index in [-0.39, 0.29) is 0 Å². The van der Waals surface area contributed by atoms with Crippen LogP contribution in [0.4, 0.5) is 0 Å². The molecule has 1 aliphatic rings. The minimum absolute atomic E-state index is 0.532. The van der Waals surface area contributed by atoms with Gasteiger partial charge in [-0.1, -0.05) is 0 Å². The van der Waals surface area contributed by atoms with Gasteiger partial charge in [0.05, 0.1) is 0 Å². The SMILES string of the molecule is [2H]N1CCC1C. The van der Waals surface area contributed by atoms with E-state index >= 15 is 0 Å². The summed E-state index contributed by atoms with van der Waals surface area (Å²) in [5, 5.41) is 1.60. The van der Waals surface area contributed by atoms with E-state index in [9.17, 15) is 0 Å². The number of hydrogen-bond acceptors (Lipinski definition) is 1. The quantitative estimate of drug-likeness (QED) is 0.436. The molecule has 1 unspecified atom stereocenters. The van der Waals surface area contributed by atoms with Gasteiger partial charge in [-0.15, -0.1) is 0 Å². The molecule has 0 aromatic carbocycles. The molecule has 0 saturated carbocycles. The Morgan fingerprint density at radius 1 is 2.20 bits per heavy atom. The van der Waals surface area contributed by atoms with Crippen molar-refractivity contribution in [3.8, 4) is 0 Å². The molecule has 0 aromatic rings. The van der Waals surface area contributed by atoms with Gasteiger partial charge < -0.3 is 5.31 Å². The molecule has 1 N–H and O–H groups in total. The van der Waals surface area contributed by atoms with Gasteiger partial charge in [0.2, 0.25) is 0 Å². The van der Waals surface area contributed by atoms with E-state index in [1.807, 2.05) is 0 Å². The maximum atomic E-state index is 6.95. The summed E-state index contributed by atoms with van der Waals surface area (Å²) in [6.07, 6.45) is 1.21. The second-order valence-corrected chi connectivity index (χ2v) is 1.54. The van der Waals surface area contributed by atoms with Crippen LogP contribution in [0, 0.1) is 0 Å². The van der Waals surface area contributed by atoms with Gasteiger partial charge in [-0.2, -0.15) is 0 Å².